The summed E-state index contributed by atoms with van der Waals surface area (Å²) in [5, 5.41) is 0.953. The highest BCUT2D eigenvalue weighted by atomic mass is 32.2. The van der Waals surface area contributed by atoms with E-state index >= 15 is 0 Å². The van der Waals surface area contributed by atoms with Crippen molar-refractivity contribution in [2.75, 3.05) is 50.5 Å². The van der Waals surface area contributed by atoms with Gasteiger partial charge in [0.2, 0.25) is 11.8 Å². The van der Waals surface area contributed by atoms with Crippen LogP contribution >= 0.6 is 0 Å². The molecule has 1 atom stereocenters. The van der Waals surface area contributed by atoms with Gasteiger partial charge < -0.3 is 14.5 Å². The number of nitrogens with one attached hydrogen (secondary N) is 1. The molecule has 2 aliphatic heterocycles. The highest BCUT2D eigenvalue weighted by molar-refractivity contribution is 7.90. The van der Waals surface area contributed by atoms with E-state index in [9.17, 15) is 13.2 Å². The van der Waals surface area contributed by atoms with Gasteiger partial charge in [-0.05, 0) is 76.9 Å². The topological polar surface area (TPSA) is 108 Å². The highest BCUT2D eigenvalue weighted by Crippen LogP contribution is 2.55. The molecular weight excluding hydrogens is 540 g/mol. The van der Waals surface area contributed by atoms with E-state index in [0.29, 0.717) is 18.8 Å². The van der Waals surface area contributed by atoms with Gasteiger partial charge in [0, 0.05) is 48.9 Å². The van der Waals surface area contributed by atoms with Gasteiger partial charge in [0.1, 0.15) is 5.69 Å². The van der Waals surface area contributed by atoms with E-state index < -0.39 is 15.6 Å². The Morgan fingerprint density at radius 1 is 1.12 bits per heavy atom. The summed E-state index contributed by atoms with van der Waals surface area (Å²) in [7, 11) is 2.03. The molecule has 1 unspecified atom stereocenters. The predicted molar refractivity (Wildman–Crippen MR) is 161 cm³/mol. The lowest BCUT2D eigenvalue weighted by molar-refractivity contribution is -0.125. The summed E-state index contributed by atoms with van der Waals surface area (Å²) in [5.74, 6) is 0.399. The third-order valence-corrected chi connectivity index (χ3v) is 10.5. The number of benzene rings is 1. The summed E-state index contributed by atoms with van der Waals surface area (Å²) >= 11 is 0. The van der Waals surface area contributed by atoms with Crippen LogP contribution in [0.15, 0.2) is 36.7 Å². The number of carbonyl (C=O) groups excluding carboxylic acids is 1. The highest BCUT2D eigenvalue weighted by Gasteiger charge is 2.54. The van der Waals surface area contributed by atoms with E-state index in [2.05, 4.69) is 25.7 Å². The van der Waals surface area contributed by atoms with Crippen molar-refractivity contribution < 1.29 is 17.9 Å². The molecule has 6 rings (SSSR count). The van der Waals surface area contributed by atoms with Gasteiger partial charge in [0.05, 0.1) is 29.4 Å². The van der Waals surface area contributed by atoms with Crippen molar-refractivity contribution in [3.8, 4) is 17.0 Å². The van der Waals surface area contributed by atoms with Crippen LogP contribution in [0.5, 0.6) is 5.88 Å². The van der Waals surface area contributed by atoms with Crippen molar-refractivity contribution in [1.29, 1.82) is 0 Å². The summed E-state index contributed by atoms with van der Waals surface area (Å²) in [6.45, 7) is 3.67. The standard InChI is InChI=1S/C30H38N6O4S/c1-20-8-5-14-36(20)41(38,39)33-25-17-22(18-32-28(25)40-15-7-13-34(2)3)21-9-10-24-23(16-21)27-26(19-31-24)35(4)29(37)30(27)11-6-12-30/h9-10,16-20,33H,5-8,11-15H2,1-4H3. The second-order valence-electron chi connectivity index (χ2n) is 11.8. The van der Waals surface area contributed by atoms with E-state index in [1.54, 1.807) is 23.4 Å². The minimum Gasteiger partial charge on any atom is -0.476 e. The first-order valence-corrected chi connectivity index (χ1v) is 15.8. The number of aromatic nitrogens is 2. The summed E-state index contributed by atoms with van der Waals surface area (Å²) < 4.78 is 37.0. The van der Waals surface area contributed by atoms with E-state index in [1.165, 1.54) is 4.31 Å². The molecule has 218 valence electrons. The molecule has 41 heavy (non-hydrogen) atoms. The Bertz CT molecular complexity index is 1600. The van der Waals surface area contributed by atoms with E-state index in [-0.39, 0.29) is 17.8 Å². The van der Waals surface area contributed by atoms with Crippen LogP contribution in [0.2, 0.25) is 0 Å². The third-order valence-electron chi connectivity index (χ3n) is 8.82. The lowest BCUT2D eigenvalue weighted by atomic mass is 9.64. The first-order chi connectivity index (χ1) is 19.6. The van der Waals surface area contributed by atoms with Crippen LogP contribution in [0.1, 0.15) is 51.0 Å². The van der Waals surface area contributed by atoms with Crippen molar-refractivity contribution in [1.82, 2.24) is 19.2 Å². The second kappa shape index (κ2) is 10.5. The molecule has 11 heteroatoms. The molecule has 1 N–H and O–H groups in total. The van der Waals surface area contributed by atoms with Crippen LogP contribution in [-0.4, -0.2) is 80.4 Å². The minimum absolute atomic E-state index is 0.0668. The fourth-order valence-electron chi connectivity index (χ4n) is 6.46. The Balaban J connectivity index is 1.39. The number of pyridine rings is 2. The molecule has 0 radical (unpaired) electrons. The number of hydrogen-bond donors (Lipinski definition) is 1. The first-order valence-electron chi connectivity index (χ1n) is 14.4. The molecule has 1 aromatic carbocycles. The fraction of sp³-hybridized carbons (Fsp3) is 0.500. The number of nitrogens with zero attached hydrogens (tertiary/aromatic N) is 5. The molecule has 2 fully saturated rings. The number of ether oxygens (including phenoxy) is 1. The summed E-state index contributed by atoms with van der Waals surface area (Å²) in [5.41, 5.74) is 4.21. The van der Waals surface area contributed by atoms with Crippen LogP contribution in [0.4, 0.5) is 11.4 Å². The molecule has 1 amide bonds. The van der Waals surface area contributed by atoms with Gasteiger partial charge in [0.25, 0.3) is 0 Å². The zero-order chi connectivity index (χ0) is 28.9. The van der Waals surface area contributed by atoms with Gasteiger partial charge in [-0.3, -0.25) is 14.5 Å². The van der Waals surface area contributed by atoms with Crippen LogP contribution in [-0.2, 0) is 20.4 Å². The Morgan fingerprint density at radius 2 is 1.93 bits per heavy atom. The van der Waals surface area contributed by atoms with Gasteiger partial charge >= 0.3 is 10.2 Å². The Hall–Kier alpha value is -3.28. The Kier molecular flexibility index (Phi) is 7.15. The third kappa shape index (κ3) is 4.83. The van der Waals surface area contributed by atoms with Crippen molar-refractivity contribution >= 4 is 38.4 Å². The second-order valence-corrected chi connectivity index (χ2v) is 13.5. The van der Waals surface area contributed by atoms with Gasteiger partial charge in [-0.15, -0.1) is 0 Å². The van der Waals surface area contributed by atoms with Crippen molar-refractivity contribution in [2.45, 2.75) is 56.9 Å². The van der Waals surface area contributed by atoms with E-state index in [4.69, 9.17) is 4.74 Å². The lowest BCUT2D eigenvalue weighted by Crippen LogP contribution is -2.43. The number of fused-ring (bicyclic) bond motifs is 4. The zero-order valence-corrected chi connectivity index (χ0v) is 25.0. The van der Waals surface area contributed by atoms with Crippen molar-refractivity contribution in [2.24, 2.45) is 0 Å². The molecule has 1 spiro atoms. The normalized spacial score (nSPS) is 20.2. The number of carbonyl (C=O) groups is 1. The van der Waals surface area contributed by atoms with Crippen LogP contribution in [0.3, 0.4) is 0 Å². The molecule has 1 aliphatic carbocycles. The summed E-state index contributed by atoms with van der Waals surface area (Å²) in [6.07, 6.45) is 8.68. The smallest absolute Gasteiger partial charge is 0.302 e. The number of anilines is 2. The maximum absolute atomic E-state index is 13.4. The van der Waals surface area contributed by atoms with Crippen LogP contribution in [0.25, 0.3) is 22.0 Å². The predicted octanol–water partition coefficient (Wildman–Crippen LogP) is 4.17. The quantitative estimate of drug-likeness (QED) is 0.380. The summed E-state index contributed by atoms with van der Waals surface area (Å²) in [4.78, 5) is 26.3. The molecular formula is C30H38N6O4S. The molecule has 10 nitrogen and oxygen atoms in total. The van der Waals surface area contributed by atoms with Crippen LogP contribution in [0, 0.1) is 0 Å². The Labute approximate surface area is 241 Å². The van der Waals surface area contributed by atoms with Gasteiger partial charge in [0.15, 0.2) is 0 Å². The molecule has 1 saturated heterocycles. The Morgan fingerprint density at radius 3 is 2.61 bits per heavy atom. The molecule has 1 saturated carbocycles. The maximum atomic E-state index is 13.4. The SMILES string of the molecule is CC1CCCN1S(=O)(=O)Nc1cc(-c2ccc3ncc4c(c3c2)C2(CCC2)C(=O)N4C)cnc1OCCCN(C)C. The van der Waals surface area contributed by atoms with Gasteiger partial charge in [-0.25, -0.2) is 4.98 Å². The van der Waals surface area contributed by atoms with Gasteiger partial charge in [-0.2, -0.15) is 12.7 Å². The lowest BCUT2D eigenvalue weighted by Gasteiger charge is -2.37. The zero-order valence-electron chi connectivity index (χ0n) is 24.2. The van der Waals surface area contributed by atoms with Crippen LogP contribution < -0.4 is 14.4 Å². The van der Waals surface area contributed by atoms with Gasteiger partial charge in [-0.1, -0.05) is 12.5 Å². The van der Waals surface area contributed by atoms with E-state index in [0.717, 1.165) is 78.4 Å². The molecule has 4 heterocycles. The average Bonchev–Trinajstić information content (AvgIpc) is 3.46. The molecule has 0 bridgehead atoms. The minimum atomic E-state index is -3.79. The molecule has 3 aromatic rings. The van der Waals surface area contributed by atoms with Crippen molar-refractivity contribution in [3.05, 3.63) is 42.2 Å². The number of amides is 1. The fourth-order valence-corrected chi connectivity index (χ4v) is 7.95. The molecule has 2 aromatic heterocycles. The molecule has 3 aliphatic rings. The number of rotatable bonds is 9. The maximum Gasteiger partial charge on any atom is 0.302 e. The number of hydrogen-bond acceptors (Lipinski definition) is 7. The van der Waals surface area contributed by atoms with Crippen molar-refractivity contribution in [3.63, 3.8) is 0 Å². The van der Waals surface area contributed by atoms with E-state index in [1.807, 2.05) is 40.2 Å². The largest absolute Gasteiger partial charge is 0.476 e. The monoisotopic (exact) mass is 578 g/mol. The average molecular weight is 579 g/mol. The first kappa shape index (κ1) is 27.9. The summed E-state index contributed by atoms with van der Waals surface area (Å²) in [6, 6.07) is 7.71. The number of likely N-dealkylation sites (N-methyl/N-ethyl adjacent to an activating group) is 1.